The second-order valence-electron chi connectivity index (χ2n) is 6.10. The zero-order chi connectivity index (χ0) is 19.8. The molecule has 0 aliphatic rings. The Morgan fingerprint density at radius 3 is 2.22 bits per heavy atom. The number of nitrogen functional groups attached to an aromatic ring is 1. The second-order valence-corrected chi connectivity index (χ2v) is 6.10. The van der Waals surface area contributed by atoms with Crippen LogP contribution in [0.2, 0.25) is 0 Å². The Kier molecular flexibility index (Phi) is 4.65. The molecule has 3 aromatic rings. The molecule has 140 valence electrons. The smallest absolute Gasteiger partial charge is 0.399 e. The van der Waals surface area contributed by atoms with Gasteiger partial charge in [-0.2, -0.15) is 18.3 Å². The molecule has 3 rings (SSSR count). The van der Waals surface area contributed by atoms with Gasteiger partial charge < -0.3 is 11.1 Å². The molecule has 0 unspecified atom stereocenters. The van der Waals surface area contributed by atoms with E-state index in [1.807, 2.05) is 12.1 Å². The SMILES string of the molecule is Cc1c(-c2ccc(N)cc2)nn(C)c1NC(=O)c1ccc(C(F)(F)F)cc1. The number of hydrogen-bond acceptors (Lipinski definition) is 3. The van der Waals surface area contributed by atoms with Crippen molar-refractivity contribution in [1.29, 1.82) is 0 Å². The number of halogens is 3. The first kappa shape index (κ1) is 18.5. The summed E-state index contributed by atoms with van der Waals surface area (Å²) in [4.78, 5) is 12.4. The molecule has 27 heavy (non-hydrogen) atoms. The first-order valence-electron chi connectivity index (χ1n) is 8.05. The molecule has 1 heterocycles. The normalized spacial score (nSPS) is 11.4. The summed E-state index contributed by atoms with van der Waals surface area (Å²) in [6, 6.07) is 11.2. The van der Waals surface area contributed by atoms with Crippen LogP contribution >= 0.6 is 0 Å². The number of carbonyl (C=O) groups is 1. The van der Waals surface area contributed by atoms with Crippen molar-refractivity contribution in [1.82, 2.24) is 9.78 Å². The quantitative estimate of drug-likeness (QED) is 0.673. The van der Waals surface area contributed by atoms with Crippen molar-refractivity contribution >= 4 is 17.4 Å². The van der Waals surface area contributed by atoms with E-state index in [1.54, 1.807) is 26.1 Å². The third-order valence-corrected chi connectivity index (χ3v) is 4.17. The van der Waals surface area contributed by atoms with E-state index in [0.717, 1.165) is 35.4 Å². The number of alkyl halides is 3. The minimum Gasteiger partial charge on any atom is -0.399 e. The van der Waals surface area contributed by atoms with Crippen LogP contribution in [0.3, 0.4) is 0 Å². The number of nitrogens with two attached hydrogens (primary N) is 1. The molecule has 0 radical (unpaired) electrons. The molecule has 1 amide bonds. The van der Waals surface area contributed by atoms with Crippen LogP contribution in [-0.2, 0) is 13.2 Å². The zero-order valence-corrected chi connectivity index (χ0v) is 14.6. The molecule has 1 aromatic heterocycles. The number of carbonyl (C=O) groups excluding carboxylic acids is 1. The van der Waals surface area contributed by atoms with Gasteiger partial charge in [-0.25, -0.2) is 0 Å². The second kappa shape index (κ2) is 6.79. The standard InChI is InChI=1S/C19H17F3N4O/c1-11-16(12-5-9-15(23)10-6-12)25-26(2)17(11)24-18(27)13-3-7-14(8-4-13)19(20,21)22/h3-10H,23H2,1-2H3,(H,24,27). The van der Waals surface area contributed by atoms with Crippen molar-refractivity contribution in [3.05, 3.63) is 65.2 Å². The summed E-state index contributed by atoms with van der Waals surface area (Å²) in [5, 5.41) is 7.13. The Morgan fingerprint density at radius 2 is 1.67 bits per heavy atom. The van der Waals surface area contributed by atoms with Gasteiger partial charge in [0.25, 0.3) is 5.91 Å². The van der Waals surface area contributed by atoms with E-state index in [9.17, 15) is 18.0 Å². The number of aryl methyl sites for hydroxylation is 1. The van der Waals surface area contributed by atoms with Gasteiger partial charge in [-0.3, -0.25) is 9.48 Å². The topological polar surface area (TPSA) is 72.9 Å². The van der Waals surface area contributed by atoms with Crippen molar-refractivity contribution in [2.75, 3.05) is 11.1 Å². The maximum atomic E-state index is 12.6. The summed E-state index contributed by atoms with van der Waals surface area (Å²) in [5.41, 5.74) is 7.90. The van der Waals surface area contributed by atoms with Crippen molar-refractivity contribution in [2.24, 2.45) is 7.05 Å². The molecule has 0 spiro atoms. The molecule has 3 N–H and O–H groups in total. The van der Waals surface area contributed by atoms with Crippen LogP contribution in [0, 0.1) is 6.92 Å². The fraction of sp³-hybridized carbons (Fsp3) is 0.158. The highest BCUT2D eigenvalue weighted by Gasteiger charge is 2.30. The summed E-state index contributed by atoms with van der Waals surface area (Å²) in [6.07, 6.45) is -4.44. The number of aromatic nitrogens is 2. The highest BCUT2D eigenvalue weighted by atomic mass is 19.4. The molecule has 0 aliphatic heterocycles. The van der Waals surface area contributed by atoms with E-state index in [1.165, 1.54) is 4.68 Å². The summed E-state index contributed by atoms with van der Waals surface area (Å²) >= 11 is 0. The first-order valence-corrected chi connectivity index (χ1v) is 8.05. The highest BCUT2D eigenvalue weighted by Crippen LogP contribution is 2.30. The van der Waals surface area contributed by atoms with Crippen molar-refractivity contribution in [2.45, 2.75) is 13.1 Å². The maximum Gasteiger partial charge on any atom is 0.416 e. The van der Waals surface area contributed by atoms with Crippen LogP contribution in [0.15, 0.2) is 48.5 Å². The zero-order valence-electron chi connectivity index (χ0n) is 14.6. The minimum atomic E-state index is -4.44. The summed E-state index contributed by atoms with van der Waals surface area (Å²) in [5.74, 6) is -0.0506. The van der Waals surface area contributed by atoms with Crippen LogP contribution < -0.4 is 11.1 Å². The van der Waals surface area contributed by atoms with Gasteiger partial charge in [0.2, 0.25) is 0 Å². The van der Waals surface area contributed by atoms with Gasteiger partial charge >= 0.3 is 6.18 Å². The molecule has 0 atom stereocenters. The predicted molar refractivity (Wildman–Crippen MR) is 97.2 cm³/mol. The van der Waals surface area contributed by atoms with Crippen LogP contribution in [0.4, 0.5) is 24.7 Å². The molecular formula is C19H17F3N4O. The lowest BCUT2D eigenvalue weighted by Crippen LogP contribution is -2.15. The average Bonchev–Trinajstić information content (AvgIpc) is 2.90. The number of amides is 1. The fourth-order valence-electron chi connectivity index (χ4n) is 2.71. The van der Waals surface area contributed by atoms with Crippen molar-refractivity contribution < 1.29 is 18.0 Å². The summed E-state index contributed by atoms with van der Waals surface area (Å²) in [7, 11) is 1.68. The average molecular weight is 374 g/mol. The Morgan fingerprint density at radius 1 is 1.07 bits per heavy atom. The third kappa shape index (κ3) is 3.79. The Bertz CT molecular complexity index is 974. The molecule has 0 saturated carbocycles. The van der Waals surface area contributed by atoms with Crippen molar-refractivity contribution in [3.8, 4) is 11.3 Å². The lowest BCUT2D eigenvalue weighted by molar-refractivity contribution is -0.137. The van der Waals surface area contributed by atoms with Crippen LogP contribution in [0.1, 0.15) is 21.5 Å². The molecule has 0 saturated heterocycles. The maximum absolute atomic E-state index is 12.6. The van der Waals surface area contributed by atoms with Crippen LogP contribution in [-0.4, -0.2) is 15.7 Å². The molecule has 5 nitrogen and oxygen atoms in total. The molecule has 2 aromatic carbocycles. The van der Waals surface area contributed by atoms with Gasteiger partial charge in [0, 0.05) is 29.4 Å². The fourth-order valence-corrected chi connectivity index (χ4v) is 2.71. The predicted octanol–water partition coefficient (Wildman–Crippen LogP) is 4.25. The van der Waals surface area contributed by atoms with E-state index in [2.05, 4.69) is 10.4 Å². The van der Waals surface area contributed by atoms with E-state index < -0.39 is 17.6 Å². The highest BCUT2D eigenvalue weighted by molar-refractivity contribution is 6.04. The first-order chi connectivity index (χ1) is 12.7. The van der Waals surface area contributed by atoms with Gasteiger partial charge in [-0.1, -0.05) is 12.1 Å². The third-order valence-electron chi connectivity index (χ3n) is 4.17. The Balaban J connectivity index is 1.85. The van der Waals surface area contributed by atoms with E-state index in [4.69, 9.17) is 5.73 Å². The van der Waals surface area contributed by atoms with Crippen LogP contribution in [0.5, 0.6) is 0 Å². The number of rotatable bonds is 3. The van der Waals surface area contributed by atoms with Crippen molar-refractivity contribution in [3.63, 3.8) is 0 Å². The largest absolute Gasteiger partial charge is 0.416 e. The number of benzene rings is 2. The molecule has 0 fully saturated rings. The molecule has 0 aliphatic carbocycles. The van der Waals surface area contributed by atoms with Gasteiger partial charge in [-0.15, -0.1) is 0 Å². The molecular weight excluding hydrogens is 357 g/mol. The lowest BCUT2D eigenvalue weighted by atomic mass is 10.1. The number of nitrogens with one attached hydrogen (secondary N) is 1. The van der Waals surface area contributed by atoms with Gasteiger partial charge in [0.05, 0.1) is 11.3 Å². The van der Waals surface area contributed by atoms with Gasteiger partial charge in [-0.05, 0) is 43.3 Å². The summed E-state index contributed by atoms with van der Waals surface area (Å²) < 4.78 is 39.4. The van der Waals surface area contributed by atoms with E-state index >= 15 is 0 Å². The molecule has 8 heteroatoms. The number of anilines is 2. The Labute approximate surface area is 153 Å². The van der Waals surface area contributed by atoms with E-state index in [0.29, 0.717) is 17.2 Å². The monoisotopic (exact) mass is 374 g/mol. The number of nitrogens with zero attached hydrogens (tertiary/aromatic N) is 2. The Hall–Kier alpha value is -3.29. The van der Waals surface area contributed by atoms with Gasteiger partial charge in [0.1, 0.15) is 5.82 Å². The summed E-state index contributed by atoms with van der Waals surface area (Å²) in [6.45, 7) is 1.81. The minimum absolute atomic E-state index is 0.123. The van der Waals surface area contributed by atoms with Gasteiger partial charge in [0.15, 0.2) is 0 Å². The number of hydrogen-bond donors (Lipinski definition) is 2. The van der Waals surface area contributed by atoms with Crippen LogP contribution in [0.25, 0.3) is 11.3 Å². The molecule has 0 bridgehead atoms. The van der Waals surface area contributed by atoms with E-state index in [-0.39, 0.29) is 5.56 Å². The lowest BCUT2D eigenvalue weighted by Gasteiger charge is -2.09.